The van der Waals surface area contributed by atoms with Crippen LogP contribution in [0, 0.1) is 0 Å². The van der Waals surface area contributed by atoms with Crippen molar-refractivity contribution >= 4 is 23.5 Å². The summed E-state index contributed by atoms with van der Waals surface area (Å²) in [6.45, 7) is 8.47. The molecule has 0 bridgehead atoms. The minimum absolute atomic E-state index is 0.149. The summed E-state index contributed by atoms with van der Waals surface area (Å²) in [7, 11) is 0. The van der Waals surface area contributed by atoms with E-state index in [0.717, 1.165) is 12.8 Å². The average Bonchev–Trinajstić information content (AvgIpc) is 3.15. The highest BCUT2D eigenvalue weighted by Gasteiger charge is 2.20. The maximum Gasteiger partial charge on any atom is 0.343 e. The smallest absolute Gasteiger partial charge is 0.310 e. The van der Waals surface area contributed by atoms with E-state index < -0.39 is 5.25 Å². The third-order valence-electron chi connectivity index (χ3n) is 3.75. The molecule has 0 saturated carbocycles. The molecular formula is C15H24N6O2S. The Balaban J connectivity index is 2.06. The fraction of sp³-hybridized carbons (Fsp3) is 0.600. The molecule has 0 aliphatic rings. The summed E-state index contributed by atoms with van der Waals surface area (Å²) in [5.41, 5.74) is -0.248. The quantitative estimate of drug-likeness (QED) is 0.710. The number of aromatic amines is 1. The van der Waals surface area contributed by atoms with Crippen molar-refractivity contribution in [3.8, 4) is 0 Å². The van der Waals surface area contributed by atoms with Gasteiger partial charge in [-0.3, -0.25) is 9.36 Å². The van der Waals surface area contributed by atoms with E-state index in [0.29, 0.717) is 17.5 Å². The number of amides is 1. The number of hydrogen-bond donors (Lipinski definition) is 2. The normalized spacial score (nSPS) is 13.7. The molecule has 2 aromatic rings. The van der Waals surface area contributed by atoms with Crippen LogP contribution in [0.4, 0.5) is 5.82 Å². The van der Waals surface area contributed by atoms with Gasteiger partial charge in [0.25, 0.3) is 0 Å². The first-order chi connectivity index (χ1) is 11.5. The van der Waals surface area contributed by atoms with Crippen LogP contribution in [-0.4, -0.2) is 35.7 Å². The van der Waals surface area contributed by atoms with Gasteiger partial charge in [0.15, 0.2) is 5.16 Å². The number of rotatable bonds is 8. The molecule has 0 unspecified atom stereocenters. The van der Waals surface area contributed by atoms with Crippen LogP contribution in [0.1, 0.15) is 46.6 Å². The zero-order valence-corrected chi connectivity index (χ0v) is 15.3. The highest BCUT2D eigenvalue weighted by atomic mass is 32.2. The van der Waals surface area contributed by atoms with Crippen molar-refractivity contribution in [1.82, 2.24) is 24.5 Å². The van der Waals surface area contributed by atoms with Crippen LogP contribution < -0.4 is 11.0 Å². The van der Waals surface area contributed by atoms with Gasteiger partial charge in [0.1, 0.15) is 5.82 Å². The Morgan fingerprint density at radius 3 is 2.83 bits per heavy atom. The number of nitrogens with one attached hydrogen (secondary N) is 2. The fourth-order valence-corrected chi connectivity index (χ4v) is 3.07. The standard InChI is InChI=1S/C15H24N6O2S/c1-5-9-20-14(23)18-19-15(20)24-11(4)13(22)17-12-7-8-16-21(12)10(3)6-2/h7-8,10-11H,5-6,9H2,1-4H3,(H,17,22)(H,18,23)/t10-,11-/m0/s1. The molecule has 2 rings (SSSR count). The topological polar surface area (TPSA) is 97.6 Å². The van der Waals surface area contributed by atoms with Crippen LogP contribution in [-0.2, 0) is 11.3 Å². The van der Waals surface area contributed by atoms with E-state index in [1.165, 1.54) is 11.8 Å². The van der Waals surface area contributed by atoms with Gasteiger partial charge in [0.2, 0.25) is 5.91 Å². The molecule has 0 aromatic carbocycles. The van der Waals surface area contributed by atoms with Crippen LogP contribution in [0.2, 0.25) is 0 Å². The summed E-state index contributed by atoms with van der Waals surface area (Å²) in [5.74, 6) is 0.526. The van der Waals surface area contributed by atoms with E-state index in [1.54, 1.807) is 28.4 Å². The molecule has 2 N–H and O–H groups in total. The van der Waals surface area contributed by atoms with Gasteiger partial charge in [-0.15, -0.1) is 5.10 Å². The van der Waals surface area contributed by atoms with E-state index >= 15 is 0 Å². The van der Waals surface area contributed by atoms with Crippen LogP contribution in [0.5, 0.6) is 0 Å². The molecule has 0 spiro atoms. The monoisotopic (exact) mass is 352 g/mol. The number of thioether (sulfide) groups is 1. The van der Waals surface area contributed by atoms with E-state index in [1.807, 2.05) is 13.8 Å². The lowest BCUT2D eigenvalue weighted by molar-refractivity contribution is -0.115. The van der Waals surface area contributed by atoms with Crippen LogP contribution in [0.15, 0.2) is 22.2 Å². The van der Waals surface area contributed by atoms with Gasteiger partial charge < -0.3 is 5.32 Å². The third-order valence-corrected chi connectivity index (χ3v) is 4.84. The Labute approximate surface area is 145 Å². The Kier molecular flexibility index (Phi) is 6.24. The zero-order chi connectivity index (χ0) is 17.7. The van der Waals surface area contributed by atoms with Gasteiger partial charge in [-0.2, -0.15) is 5.10 Å². The molecular weight excluding hydrogens is 328 g/mol. The first-order valence-electron chi connectivity index (χ1n) is 8.14. The van der Waals surface area contributed by atoms with Gasteiger partial charge in [-0.25, -0.2) is 14.6 Å². The molecule has 8 nitrogen and oxygen atoms in total. The van der Waals surface area contributed by atoms with Crippen molar-refractivity contribution in [3.05, 3.63) is 22.7 Å². The first-order valence-corrected chi connectivity index (χ1v) is 9.02. The Morgan fingerprint density at radius 2 is 2.17 bits per heavy atom. The number of carbonyl (C=O) groups is 1. The third kappa shape index (κ3) is 4.08. The Morgan fingerprint density at radius 1 is 1.42 bits per heavy atom. The molecule has 9 heteroatoms. The molecule has 0 radical (unpaired) electrons. The molecule has 0 fully saturated rings. The van der Waals surface area contributed by atoms with E-state index in [2.05, 4.69) is 27.5 Å². The number of nitrogens with zero attached hydrogens (tertiary/aromatic N) is 4. The minimum atomic E-state index is -0.393. The van der Waals surface area contributed by atoms with Gasteiger partial charge >= 0.3 is 5.69 Å². The SMILES string of the molecule is CCCn1c(S[C@@H](C)C(=O)Nc2ccnn2[C@@H](C)CC)n[nH]c1=O. The molecule has 0 aliphatic heterocycles. The molecule has 132 valence electrons. The lowest BCUT2D eigenvalue weighted by Gasteiger charge is -2.16. The van der Waals surface area contributed by atoms with Crippen molar-refractivity contribution in [2.24, 2.45) is 0 Å². The number of aromatic nitrogens is 5. The summed E-state index contributed by atoms with van der Waals surface area (Å²) >= 11 is 1.26. The number of anilines is 1. The van der Waals surface area contributed by atoms with Crippen LogP contribution >= 0.6 is 11.8 Å². The molecule has 0 saturated heterocycles. The van der Waals surface area contributed by atoms with Crippen LogP contribution in [0.25, 0.3) is 0 Å². The number of carbonyl (C=O) groups excluding carboxylic acids is 1. The van der Waals surface area contributed by atoms with E-state index in [4.69, 9.17) is 0 Å². The van der Waals surface area contributed by atoms with E-state index in [-0.39, 0.29) is 17.6 Å². The predicted molar refractivity (Wildman–Crippen MR) is 94.3 cm³/mol. The molecule has 24 heavy (non-hydrogen) atoms. The van der Waals surface area contributed by atoms with Crippen molar-refractivity contribution in [1.29, 1.82) is 0 Å². The van der Waals surface area contributed by atoms with Crippen molar-refractivity contribution < 1.29 is 4.79 Å². The highest BCUT2D eigenvalue weighted by Crippen LogP contribution is 2.22. The Hall–Kier alpha value is -2.03. The second kappa shape index (κ2) is 8.18. The van der Waals surface area contributed by atoms with E-state index in [9.17, 15) is 9.59 Å². The largest absolute Gasteiger partial charge is 0.343 e. The average molecular weight is 352 g/mol. The van der Waals surface area contributed by atoms with Crippen molar-refractivity contribution in [2.75, 3.05) is 5.32 Å². The second-order valence-electron chi connectivity index (χ2n) is 5.63. The van der Waals surface area contributed by atoms with Gasteiger partial charge in [0, 0.05) is 12.6 Å². The summed E-state index contributed by atoms with van der Waals surface area (Å²) < 4.78 is 3.36. The van der Waals surface area contributed by atoms with Gasteiger partial charge in [0.05, 0.1) is 17.5 Å². The maximum absolute atomic E-state index is 12.5. The van der Waals surface area contributed by atoms with Crippen molar-refractivity contribution in [2.45, 2.75) is 63.5 Å². The molecule has 2 heterocycles. The number of H-pyrrole nitrogens is 1. The Bertz CT molecular complexity index is 734. The summed E-state index contributed by atoms with van der Waals surface area (Å²) in [6.07, 6.45) is 3.42. The molecule has 2 aromatic heterocycles. The number of hydrogen-bond acceptors (Lipinski definition) is 5. The maximum atomic E-state index is 12.5. The summed E-state index contributed by atoms with van der Waals surface area (Å²) in [6, 6.07) is 1.99. The zero-order valence-electron chi connectivity index (χ0n) is 14.4. The first kappa shape index (κ1) is 18.3. The van der Waals surface area contributed by atoms with Crippen LogP contribution in [0.3, 0.4) is 0 Å². The molecule has 2 atom stereocenters. The van der Waals surface area contributed by atoms with Crippen molar-refractivity contribution in [3.63, 3.8) is 0 Å². The van der Waals surface area contributed by atoms with Gasteiger partial charge in [-0.1, -0.05) is 25.6 Å². The van der Waals surface area contributed by atoms with Gasteiger partial charge in [-0.05, 0) is 26.7 Å². The highest BCUT2D eigenvalue weighted by molar-refractivity contribution is 8.00. The molecule has 0 aliphatic carbocycles. The fourth-order valence-electron chi connectivity index (χ4n) is 2.19. The lowest BCUT2D eigenvalue weighted by atomic mass is 10.3. The summed E-state index contributed by atoms with van der Waals surface area (Å²) in [4.78, 5) is 24.2. The second-order valence-corrected chi connectivity index (χ2v) is 6.94. The lowest BCUT2D eigenvalue weighted by Crippen LogP contribution is -2.25. The molecule has 1 amide bonds. The minimum Gasteiger partial charge on any atom is -0.310 e. The predicted octanol–water partition coefficient (Wildman–Crippen LogP) is 2.27. The summed E-state index contributed by atoms with van der Waals surface area (Å²) in [5, 5.41) is 13.7.